The number of hydrogen-bond acceptors (Lipinski definition) is 3. The van der Waals surface area contributed by atoms with Crippen molar-refractivity contribution >= 4 is 71.4 Å². The first kappa shape index (κ1) is 26.9. The fraction of sp³-hybridized carbons (Fsp3) is 0.0682. The summed E-state index contributed by atoms with van der Waals surface area (Å²) < 4.78 is 15.1. The van der Waals surface area contributed by atoms with Crippen LogP contribution in [0.15, 0.2) is 154 Å². The van der Waals surface area contributed by atoms with Crippen LogP contribution in [0.1, 0.15) is 18.4 Å². The molecule has 0 fully saturated rings. The quantitative estimate of drug-likeness (QED) is 0.198. The number of para-hydroxylation sites is 2. The van der Waals surface area contributed by atoms with Crippen molar-refractivity contribution in [3.05, 3.63) is 151 Å². The Hall–Kier alpha value is -6.31. The van der Waals surface area contributed by atoms with Gasteiger partial charge in [-0.1, -0.05) is 91.9 Å². The number of furan rings is 2. The Morgan fingerprint density at radius 1 is 0.562 bits per heavy atom. The normalized spacial score (nSPS) is 16.7. The molecule has 0 saturated heterocycles. The fourth-order valence-electron chi connectivity index (χ4n) is 7.93. The second-order valence-corrected chi connectivity index (χ2v) is 12.9. The Balaban J connectivity index is 1.19. The first-order valence-electron chi connectivity index (χ1n) is 16.4. The lowest BCUT2D eigenvalue weighted by Gasteiger charge is -2.30. The molecule has 0 spiro atoms. The Bertz CT molecular complexity index is 2820. The van der Waals surface area contributed by atoms with Gasteiger partial charge < -0.3 is 13.4 Å². The van der Waals surface area contributed by atoms with Crippen LogP contribution >= 0.6 is 0 Å². The van der Waals surface area contributed by atoms with E-state index in [-0.39, 0.29) is 11.8 Å². The van der Waals surface area contributed by atoms with E-state index in [0.29, 0.717) is 5.57 Å². The highest BCUT2D eigenvalue weighted by Gasteiger charge is 2.31. The summed E-state index contributed by atoms with van der Waals surface area (Å²) in [6.07, 6.45) is 4.17. The summed E-state index contributed by atoms with van der Waals surface area (Å²) in [4.78, 5) is 0. The minimum Gasteiger partial charge on any atom is -0.456 e. The number of aromatic nitrogens is 1. The second kappa shape index (κ2) is 10.1. The summed E-state index contributed by atoms with van der Waals surface area (Å²) in [6.45, 7) is 2.24. The lowest BCUT2D eigenvalue weighted by molar-refractivity contribution is 0.629. The fourth-order valence-corrected chi connectivity index (χ4v) is 7.93. The average Bonchev–Trinajstić information content (AvgIpc) is 3.79. The van der Waals surface area contributed by atoms with Crippen molar-refractivity contribution in [1.29, 1.82) is 5.26 Å². The van der Waals surface area contributed by atoms with E-state index in [2.05, 4.69) is 139 Å². The Labute approximate surface area is 276 Å². The van der Waals surface area contributed by atoms with Gasteiger partial charge in [-0.25, -0.2) is 0 Å². The molecule has 3 heterocycles. The average molecular weight is 617 g/mol. The van der Waals surface area contributed by atoms with Crippen molar-refractivity contribution in [1.82, 2.24) is 4.57 Å². The van der Waals surface area contributed by atoms with E-state index in [1.165, 1.54) is 16.3 Å². The molecule has 48 heavy (non-hydrogen) atoms. The molecule has 1 aliphatic carbocycles. The summed E-state index contributed by atoms with van der Waals surface area (Å²) in [6, 6.07) is 47.1. The Morgan fingerprint density at radius 3 is 1.85 bits per heavy atom. The van der Waals surface area contributed by atoms with Crippen LogP contribution in [0.4, 0.5) is 0 Å². The van der Waals surface area contributed by atoms with Crippen molar-refractivity contribution < 1.29 is 8.83 Å². The minimum atomic E-state index is -0.0508. The molecule has 2 unspecified atom stereocenters. The third-order valence-electron chi connectivity index (χ3n) is 10.2. The standard InChI is InChI=1S/C44H28N2O2/c1-26-15-16-30(25-45)44(46-37-13-7-5-11-31(37)32-12-6-8-14-38(32)46)43(26)29-18-20-40-34(22-29)36-23-35-33-21-28(27-9-3-2-4-10-27)17-19-39(33)47-41(35)24-42(36)48-40/h2-24,26,43H,1H3. The monoisotopic (exact) mass is 616 g/mol. The first-order chi connectivity index (χ1) is 23.7. The highest BCUT2D eigenvalue weighted by atomic mass is 16.3. The lowest BCUT2D eigenvalue weighted by atomic mass is 9.78. The molecular formula is C44H28N2O2. The smallest absolute Gasteiger partial charge is 0.139 e. The van der Waals surface area contributed by atoms with Gasteiger partial charge in [0.05, 0.1) is 16.6 Å². The summed E-state index contributed by atoms with van der Waals surface area (Å²) in [7, 11) is 0. The van der Waals surface area contributed by atoms with Gasteiger partial charge in [0, 0.05) is 50.0 Å². The zero-order valence-corrected chi connectivity index (χ0v) is 26.1. The predicted octanol–water partition coefficient (Wildman–Crippen LogP) is 12.0. The van der Waals surface area contributed by atoms with Gasteiger partial charge in [-0.2, -0.15) is 5.26 Å². The van der Waals surface area contributed by atoms with Crippen molar-refractivity contribution in [2.24, 2.45) is 5.92 Å². The molecular weight excluding hydrogens is 588 g/mol. The van der Waals surface area contributed by atoms with E-state index in [4.69, 9.17) is 8.83 Å². The molecule has 0 N–H and O–H groups in total. The van der Waals surface area contributed by atoms with Gasteiger partial charge in [0.15, 0.2) is 0 Å². The van der Waals surface area contributed by atoms with E-state index in [0.717, 1.165) is 71.7 Å². The van der Waals surface area contributed by atoms with Gasteiger partial charge in [-0.05, 0) is 71.1 Å². The van der Waals surface area contributed by atoms with Crippen molar-refractivity contribution in [2.75, 3.05) is 0 Å². The van der Waals surface area contributed by atoms with Crippen LogP contribution in [0.25, 0.3) is 82.5 Å². The van der Waals surface area contributed by atoms with Crippen LogP contribution in [0, 0.1) is 17.2 Å². The number of rotatable bonds is 3. The first-order valence-corrected chi connectivity index (χ1v) is 16.4. The van der Waals surface area contributed by atoms with Gasteiger partial charge in [0.1, 0.15) is 28.4 Å². The second-order valence-electron chi connectivity index (χ2n) is 12.9. The number of nitriles is 1. The van der Waals surface area contributed by atoms with Gasteiger partial charge in [0.25, 0.3) is 0 Å². The van der Waals surface area contributed by atoms with Crippen LogP contribution < -0.4 is 0 Å². The molecule has 9 aromatic rings. The predicted molar refractivity (Wildman–Crippen MR) is 196 cm³/mol. The largest absolute Gasteiger partial charge is 0.456 e. The zero-order chi connectivity index (χ0) is 31.9. The lowest BCUT2D eigenvalue weighted by Crippen LogP contribution is -2.19. The molecule has 2 atom stereocenters. The van der Waals surface area contributed by atoms with E-state index in [9.17, 15) is 5.26 Å². The van der Waals surface area contributed by atoms with Crippen LogP contribution in [-0.4, -0.2) is 4.57 Å². The Kier molecular flexibility index (Phi) is 5.65. The number of benzene rings is 6. The van der Waals surface area contributed by atoms with Crippen molar-refractivity contribution in [2.45, 2.75) is 12.8 Å². The van der Waals surface area contributed by atoms with Gasteiger partial charge in [0.2, 0.25) is 0 Å². The molecule has 0 radical (unpaired) electrons. The van der Waals surface area contributed by atoms with Gasteiger partial charge >= 0.3 is 0 Å². The molecule has 1 aliphatic rings. The summed E-state index contributed by atoms with van der Waals surface area (Å²) in [5.74, 6) is 0.110. The summed E-state index contributed by atoms with van der Waals surface area (Å²) >= 11 is 0. The topological polar surface area (TPSA) is 55.0 Å². The van der Waals surface area contributed by atoms with Crippen LogP contribution in [0.3, 0.4) is 0 Å². The van der Waals surface area contributed by atoms with Crippen LogP contribution in [0.2, 0.25) is 0 Å². The number of fused-ring (bicyclic) bond motifs is 9. The number of allylic oxidation sites excluding steroid dienone is 4. The Morgan fingerprint density at radius 2 is 1.17 bits per heavy atom. The third kappa shape index (κ3) is 3.82. The molecule has 0 amide bonds. The molecule has 0 aliphatic heterocycles. The molecule has 3 aromatic heterocycles. The minimum absolute atomic E-state index is 0.0508. The van der Waals surface area contributed by atoms with E-state index < -0.39 is 0 Å². The highest BCUT2D eigenvalue weighted by Crippen LogP contribution is 2.46. The van der Waals surface area contributed by atoms with Crippen molar-refractivity contribution in [3.63, 3.8) is 0 Å². The maximum atomic E-state index is 10.5. The molecule has 226 valence electrons. The van der Waals surface area contributed by atoms with Gasteiger partial charge in [-0.15, -0.1) is 0 Å². The third-order valence-corrected chi connectivity index (χ3v) is 10.2. The zero-order valence-electron chi connectivity index (χ0n) is 26.1. The maximum Gasteiger partial charge on any atom is 0.139 e. The van der Waals surface area contributed by atoms with E-state index >= 15 is 0 Å². The number of hydrogen-bond donors (Lipinski definition) is 0. The van der Waals surface area contributed by atoms with E-state index in [1.807, 2.05) is 18.2 Å². The van der Waals surface area contributed by atoms with Crippen molar-refractivity contribution in [3.8, 4) is 17.2 Å². The maximum absolute atomic E-state index is 10.5. The SMILES string of the molecule is CC1C=CC(C#N)=C(n2c3ccccc3c3ccccc32)C1c1ccc2oc3cc4oc5ccc(-c6ccccc6)cc5c4cc3c2c1. The van der Waals surface area contributed by atoms with E-state index in [1.54, 1.807) is 0 Å². The van der Waals surface area contributed by atoms with Gasteiger partial charge in [-0.3, -0.25) is 0 Å². The number of nitrogens with zero attached hydrogens (tertiary/aromatic N) is 2. The van der Waals surface area contributed by atoms with Crippen LogP contribution in [-0.2, 0) is 0 Å². The molecule has 0 saturated carbocycles. The summed E-state index contributed by atoms with van der Waals surface area (Å²) in [5.41, 5.74) is 10.7. The molecule has 6 aromatic carbocycles. The molecule has 4 nitrogen and oxygen atoms in total. The van der Waals surface area contributed by atoms with Crippen LogP contribution in [0.5, 0.6) is 0 Å². The molecule has 4 heteroatoms. The summed E-state index contributed by atoms with van der Waals surface area (Å²) in [5, 5.41) is 17.1. The highest BCUT2D eigenvalue weighted by molar-refractivity contribution is 6.16. The molecule has 10 rings (SSSR count). The molecule has 0 bridgehead atoms.